The molecule has 1 nitrogen and oxygen atoms in total. The van der Waals surface area contributed by atoms with E-state index in [9.17, 15) is 0 Å². The molecule has 0 bridgehead atoms. The van der Waals surface area contributed by atoms with Crippen LogP contribution in [0.25, 0.3) is 0 Å². The molecule has 0 aromatic heterocycles. The van der Waals surface area contributed by atoms with Crippen molar-refractivity contribution in [3.8, 4) is 0 Å². The summed E-state index contributed by atoms with van der Waals surface area (Å²) < 4.78 is 1.44. The van der Waals surface area contributed by atoms with Crippen molar-refractivity contribution in [1.82, 2.24) is 0 Å². The monoisotopic (exact) mass is 333 g/mol. The smallest absolute Gasteiger partial charge is 0.0275 e. The summed E-state index contributed by atoms with van der Waals surface area (Å²) >= 11 is 2.46. The van der Waals surface area contributed by atoms with Gasteiger partial charge in [-0.2, -0.15) is 0 Å². The first kappa shape index (κ1) is 15.9. The van der Waals surface area contributed by atoms with Gasteiger partial charge < -0.3 is 0 Å². The zero-order chi connectivity index (χ0) is 12.4. The number of rotatable bonds is 7. The molecule has 0 aromatic carbocycles. The third-order valence-corrected chi connectivity index (χ3v) is 3.56. The van der Waals surface area contributed by atoms with Crippen molar-refractivity contribution >= 4 is 28.8 Å². The Hall–Kier alpha value is -0.120. The molecule has 0 aliphatic carbocycles. The first-order valence-electron chi connectivity index (χ1n) is 6.14. The molecule has 0 radical (unpaired) electrons. The molecule has 0 saturated carbocycles. The van der Waals surface area contributed by atoms with E-state index >= 15 is 0 Å². The summed E-state index contributed by atoms with van der Waals surface area (Å²) in [5, 5.41) is 0. The van der Waals surface area contributed by atoms with E-state index in [2.05, 4.69) is 61.4 Å². The second-order valence-electron chi connectivity index (χ2n) is 4.33. The van der Waals surface area contributed by atoms with Crippen molar-refractivity contribution in [3.05, 3.63) is 21.4 Å². The number of nitrogens with zero attached hydrogens (tertiary/aromatic N) is 1. The van der Waals surface area contributed by atoms with Gasteiger partial charge in [0, 0.05) is 12.4 Å². The summed E-state index contributed by atoms with van der Waals surface area (Å²) in [4.78, 5) is 4.25. The van der Waals surface area contributed by atoms with Gasteiger partial charge in [-0.3, -0.25) is 4.99 Å². The van der Waals surface area contributed by atoms with E-state index in [1.807, 2.05) is 12.4 Å². The number of allylic oxidation sites excluding steroid dienone is 3. The summed E-state index contributed by atoms with van der Waals surface area (Å²) in [5.41, 5.74) is 1.23. The van der Waals surface area contributed by atoms with Crippen LogP contribution in [0.4, 0.5) is 0 Å². The largest absolute Gasteiger partial charge is 0.265 e. The maximum absolute atomic E-state index is 4.25. The first-order valence-corrected chi connectivity index (χ1v) is 7.21. The van der Waals surface area contributed by atoms with E-state index in [0.29, 0.717) is 0 Å². The minimum atomic E-state index is 0.730. The third-order valence-electron chi connectivity index (χ3n) is 2.32. The Kier molecular flexibility index (Phi) is 9.99. The predicted molar refractivity (Wildman–Crippen MR) is 83.3 cm³/mol. The van der Waals surface area contributed by atoms with Crippen LogP contribution in [0.2, 0.25) is 0 Å². The van der Waals surface area contributed by atoms with E-state index in [-0.39, 0.29) is 0 Å². The molecule has 0 aliphatic heterocycles. The lowest BCUT2D eigenvalue weighted by molar-refractivity contribution is 0.527. The predicted octanol–water partition coefficient (Wildman–Crippen LogP) is 5.52. The van der Waals surface area contributed by atoms with E-state index in [1.165, 1.54) is 34.8 Å². The molecule has 2 heteroatoms. The average Bonchev–Trinajstić information content (AvgIpc) is 2.23. The molecule has 0 heterocycles. The number of hydrogen-bond acceptors (Lipinski definition) is 1. The zero-order valence-corrected chi connectivity index (χ0v) is 13.1. The Bertz CT molecular complexity index is 254. The van der Waals surface area contributed by atoms with Crippen molar-refractivity contribution in [3.63, 3.8) is 0 Å². The van der Waals surface area contributed by atoms with Crippen LogP contribution in [0.1, 0.15) is 53.4 Å². The highest BCUT2D eigenvalue weighted by molar-refractivity contribution is 14.1. The quantitative estimate of drug-likeness (QED) is 0.430. The summed E-state index contributed by atoms with van der Waals surface area (Å²) in [6, 6.07) is 0. The molecule has 0 saturated heterocycles. The van der Waals surface area contributed by atoms with Crippen LogP contribution in [0.15, 0.2) is 26.4 Å². The number of hydrogen-bond donors (Lipinski definition) is 0. The molecule has 0 aromatic rings. The van der Waals surface area contributed by atoms with Gasteiger partial charge in [-0.15, -0.1) is 0 Å². The molecule has 0 fully saturated rings. The van der Waals surface area contributed by atoms with Crippen LogP contribution in [0.3, 0.4) is 0 Å². The van der Waals surface area contributed by atoms with Gasteiger partial charge >= 0.3 is 0 Å². The van der Waals surface area contributed by atoms with E-state index in [4.69, 9.17) is 0 Å². The molecular formula is C14H24IN. The SMILES string of the molecule is CCCC(CCC)/C(I)=C/C=N\C=C(C)C. The maximum atomic E-state index is 4.25. The normalized spacial score (nSPS) is 12.5. The van der Waals surface area contributed by atoms with Crippen molar-refractivity contribution in [2.24, 2.45) is 10.9 Å². The highest BCUT2D eigenvalue weighted by atomic mass is 127. The van der Waals surface area contributed by atoms with Crippen molar-refractivity contribution in [2.45, 2.75) is 53.4 Å². The van der Waals surface area contributed by atoms with Crippen LogP contribution in [-0.4, -0.2) is 6.21 Å². The molecule has 16 heavy (non-hydrogen) atoms. The van der Waals surface area contributed by atoms with Gasteiger partial charge in [-0.25, -0.2) is 0 Å². The van der Waals surface area contributed by atoms with Crippen LogP contribution in [0, 0.1) is 5.92 Å². The first-order chi connectivity index (χ1) is 7.61. The Morgan fingerprint density at radius 3 is 2.19 bits per heavy atom. The molecule has 0 rings (SSSR count). The topological polar surface area (TPSA) is 12.4 Å². The minimum Gasteiger partial charge on any atom is -0.265 e. The minimum absolute atomic E-state index is 0.730. The summed E-state index contributed by atoms with van der Waals surface area (Å²) in [7, 11) is 0. The Morgan fingerprint density at radius 2 is 1.75 bits per heavy atom. The molecule has 0 N–H and O–H groups in total. The van der Waals surface area contributed by atoms with E-state index < -0.39 is 0 Å². The summed E-state index contributed by atoms with van der Waals surface area (Å²) in [6.45, 7) is 8.62. The van der Waals surface area contributed by atoms with Gasteiger partial charge in [0.25, 0.3) is 0 Å². The van der Waals surface area contributed by atoms with Crippen molar-refractivity contribution in [1.29, 1.82) is 0 Å². The van der Waals surface area contributed by atoms with Gasteiger partial charge in [0.1, 0.15) is 0 Å². The Morgan fingerprint density at radius 1 is 1.19 bits per heavy atom. The van der Waals surface area contributed by atoms with Crippen LogP contribution >= 0.6 is 22.6 Å². The Labute approximate surface area is 114 Å². The van der Waals surface area contributed by atoms with Crippen LogP contribution in [-0.2, 0) is 0 Å². The summed E-state index contributed by atoms with van der Waals surface area (Å²) in [5.74, 6) is 0.730. The number of halogens is 1. The average molecular weight is 333 g/mol. The third kappa shape index (κ3) is 8.08. The fourth-order valence-electron chi connectivity index (χ4n) is 1.56. The van der Waals surface area contributed by atoms with Gasteiger partial charge in [0.05, 0.1) is 0 Å². The molecule has 92 valence electrons. The second kappa shape index (κ2) is 10.1. The summed E-state index contributed by atoms with van der Waals surface area (Å²) in [6.07, 6.45) is 11.1. The van der Waals surface area contributed by atoms with E-state index in [1.54, 1.807) is 0 Å². The van der Waals surface area contributed by atoms with Gasteiger partial charge in [-0.1, -0.05) is 32.3 Å². The van der Waals surface area contributed by atoms with Gasteiger partial charge in [0.15, 0.2) is 0 Å². The molecule has 0 unspecified atom stereocenters. The van der Waals surface area contributed by atoms with Crippen molar-refractivity contribution < 1.29 is 0 Å². The van der Waals surface area contributed by atoms with Crippen LogP contribution < -0.4 is 0 Å². The lowest BCUT2D eigenvalue weighted by atomic mass is 9.98. The maximum Gasteiger partial charge on any atom is 0.0275 e. The fourth-order valence-corrected chi connectivity index (χ4v) is 2.34. The molecule has 0 aliphatic rings. The highest BCUT2D eigenvalue weighted by Gasteiger charge is 2.08. The molecular weight excluding hydrogens is 309 g/mol. The standard InChI is InChI=1S/C14H24IN/c1-5-7-13(8-6-2)14(15)9-10-16-11-12(3)4/h9-11,13H,5-8H2,1-4H3/b14-9-,16-10-. The Balaban J connectivity index is 4.35. The van der Waals surface area contributed by atoms with Gasteiger partial charge in [-0.05, 0) is 64.9 Å². The molecule has 0 spiro atoms. The lowest BCUT2D eigenvalue weighted by Crippen LogP contribution is -1.99. The molecule has 0 atom stereocenters. The fraction of sp³-hybridized carbons (Fsp3) is 0.643. The zero-order valence-electron chi connectivity index (χ0n) is 11.0. The lowest BCUT2D eigenvalue weighted by Gasteiger charge is -2.13. The molecule has 0 amide bonds. The van der Waals surface area contributed by atoms with E-state index in [0.717, 1.165) is 5.92 Å². The van der Waals surface area contributed by atoms with Gasteiger partial charge in [0.2, 0.25) is 0 Å². The highest BCUT2D eigenvalue weighted by Crippen LogP contribution is 2.27. The van der Waals surface area contributed by atoms with Crippen molar-refractivity contribution in [2.75, 3.05) is 0 Å². The second-order valence-corrected chi connectivity index (χ2v) is 5.58. The number of aliphatic imine (C=N–C) groups is 1. The van der Waals surface area contributed by atoms with Crippen LogP contribution in [0.5, 0.6) is 0 Å².